The molecule has 6 rings (SSSR count). The van der Waals surface area contributed by atoms with Crippen molar-refractivity contribution in [3.63, 3.8) is 0 Å². The van der Waals surface area contributed by atoms with Crippen LogP contribution in [0.2, 0.25) is 0 Å². The van der Waals surface area contributed by atoms with Crippen LogP contribution in [0.4, 0.5) is 0 Å². The number of hydrogen-bond acceptors (Lipinski definition) is 9. The van der Waals surface area contributed by atoms with Gasteiger partial charge >= 0.3 is 5.97 Å². The number of benzene rings is 2. The van der Waals surface area contributed by atoms with Gasteiger partial charge < -0.3 is 34.0 Å². The molecule has 54 heavy (non-hydrogen) atoms. The first-order chi connectivity index (χ1) is 26.2. The van der Waals surface area contributed by atoms with Gasteiger partial charge in [-0.2, -0.15) is 0 Å². The molecule has 2 aromatic rings. The maximum atomic E-state index is 15.0. The third-order valence-electron chi connectivity index (χ3n) is 11.8. The van der Waals surface area contributed by atoms with E-state index in [1.54, 1.807) is 29.0 Å². The van der Waals surface area contributed by atoms with Crippen molar-refractivity contribution in [1.82, 2.24) is 19.6 Å². The number of carbonyl (C=O) groups is 4. The lowest BCUT2D eigenvalue weighted by molar-refractivity contribution is -0.165. The largest absolute Gasteiger partial charge is 0.455 e. The molecule has 0 radical (unpaired) electrons. The fourth-order valence-electron chi connectivity index (χ4n) is 8.83. The summed E-state index contributed by atoms with van der Waals surface area (Å²) in [5, 5.41) is 10.9. The molecule has 12 nitrogen and oxygen atoms in total. The number of aliphatic hydroxyl groups excluding tert-OH is 1. The van der Waals surface area contributed by atoms with Gasteiger partial charge in [0.05, 0.1) is 49.8 Å². The molecule has 2 aromatic carbocycles. The number of ether oxygens (including phenoxy) is 3. The minimum Gasteiger partial charge on any atom is -0.455 e. The number of hydrogen-bond donors (Lipinski definition) is 1. The van der Waals surface area contributed by atoms with E-state index in [4.69, 9.17) is 14.2 Å². The van der Waals surface area contributed by atoms with Crippen molar-refractivity contribution < 1.29 is 38.5 Å². The highest BCUT2D eigenvalue weighted by atomic mass is 16.6. The van der Waals surface area contributed by atoms with E-state index in [9.17, 15) is 14.7 Å². The Hall–Kier alpha value is -4.36. The van der Waals surface area contributed by atoms with Crippen molar-refractivity contribution in [2.45, 2.75) is 68.5 Å². The van der Waals surface area contributed by atoms with Crippen molar-refractivity contribution in [3.8, 4) is 0 Å². The predicted molar refractivity (Wildman–Crippen MR) is 202 cm³/mol. The Balaban J connectivity index is 1.34. The van der Waals surface area contributed by atoms with Crippen LogP contribution < -0.4 is 0 Å². The Kier molecular flexibility index (Phi) is 12.7. The molecule has 0 saturated carbocycles. The van der Waals surface area contributed by atoms with Gasteiger partial charge in [-0.15, -0.1) is 13.2 Å². The maximum absolute atomic E-state index is 15.0. The molecule has 2 bridgehead atoms. The molecule has 12 heteroatoms. The van der Waals surface area contributed by atoms with Crippen LogP contribution in [0.5, 0.6) is 0 Å². The third-order valence-corrected chi connectivity index (χ3v) is 11.8. The smallest absolute Gasteiger partial charge is 0.313 e. The number of nitrogens with zero attached hydrogens (tertiary/aromatic N) is 4. The van der Waals surface area contributed by atoms with Crippen LogP contribution in [0.25, 0.3) is 0 Å². The molecular formula is C42H54N4O8. The SMILES string of the molecule is C=CCCC(=O)N(C)[C@@H](C)[C@@H](OC(=O)[C@@H]1[C@H]2C(=O)N([C@H](CO)c3ccccc3)[C@H](C(=O)N(CC=C)CCN3CCOCC3)[C@]23CC[C@H]1O3)c1ccccc1. The van der Waals surface area contributed by atoms with Crippen LogP contribution in [0, 0.1) is 11.8 Å². The van der Waals surface area contributed by atoms with Crippen LogP contribution in [-0.2, 0) is 33.4 Å². The number of likely N-dealkylation sites (tertiary alicyclic amines) is 1. The molecule has 290 valence electrons. The Bertz CT molecular complexity index is 1650. The number of amides is 3. The summed E-state index contributed by atoms with van der Waals surface area (Å²) < 4.78 is 18.7. The summed E-state index contributed by atoms with van der Waals surface area (Å²) in [4.78, 5) is 64.7. The van der Waals surface area contributed by atoms with Crippen molar-refractivity contribution in [3.05, 3.63) is 97.1 Å². The molecule has 0 unspecified atom stereocenters. The number of rotatable bonds is 17. The normalized spacial score (nSPS) is 26.4. The van der Waals surface area contributed by atoms with Gasteiger partial charge in [-0.25, -0.2) is 0 Å². The molecule has 0 aromatic heterocycles. The van der Waals surface area contributed by atoms with Gasteiger partial charge in [-0.3, -0.25) is 24.1 Å². The van der Waals surface area contributed by atoms with Gasteiger partial charge in [0.1, 0.15) is 17.7 Å². The summed E-state index contributed by atoms with van der Waals surface area (Å²) in [5.74, 6) is -3.47. The van der Waals surface area contributed by atoms with E-state index in [0.29, 0.717) is 56.7 Å². The van der Waals surface area contributed by atoms with E-state index in [1.165, 1.54) is 4.90 Å². The summed E-state index contributed by atoms with van der Waals surface area (Å²) in [6.07, 6.45) is 3.51. The van der Waals surface area contributed by atoms with Crippen molar-refractivity contribution in [1.29, 1.82) is 0 Å². The molecule has 1 spiro atoms. The average molecular weight is 743 g/mol. The van der Waals surface area contributed by atoms with Crippen LogP contribution in [-0.4, -0.2) is 132 Å². The topological polar surface area (TPSA) is 129 Å². The van der Waals surface area contributed by atoms with Crippen LogP contribution in [0.1, 0.15) is 55.9 Å². The third kappa shape index (κ3) is 7.62. The monoisotopic (exact) mass is 742 g/mol. The van der Waals surface area contributed by atoms with Gasteiger partial charge in [-0.1, -0.05) is 72.8 Å². The number of esters is 1. The molecular weight excluding hydrogens is 688 g/mol. The number of morpholine rings is 1. The lowest BCUT2D eigenvalue weighted by Gasteiger charge is -2.40. The molecule has 4 aliphatic heterocycles. The second-order valence-electron chi connectivity index (χ2n) is 14.8. The number of fused-ring (bicyclic) bond motifs is 1. The Morgan fingerprint density at radius 2 is 1.70 bits per heavy atom. The second-order valence-corrected chi connectivity index (χ2v) is 14.8. The number of allylic oxidation sites excluding steroid dienone is 1. The van der Waals surface area contributed by atoms with Gasteiger partial charge in [-0.05, 0) is 37.3 Å². The Labute approximate surface area is 318 Å². The van der Waals surface area contributed by atoms with Gasteiger partial charge in [0.2, 0.25) is 17.7 Å². The van der Waals surface area contributed by atoms with Crippen molar-refractivity contribution in [2.75, 3.05) is 59.6 Å². The van der Waals surface area contributed by atoms with Crippen LogP contribution >= 0.6 is 0 Å². The zero-order valence-corrected chi connectivity index (χ0v) is 31.5. The zero-order valence-electron chi connectivity index (χ0n) is 31.5. The summed E-state index contributed by atoms with van der Waals surface area (Å²) in [7, 11) is 1.69. The quantitative estimate of drug-likeness (QED) is 0.191. The van der Waals surface area contributed by atoms with E-state index in [1.807, 2.05) is 67.6 Å². The Morgan fingerprint density at radius 1 is 1.04 bits per heavy atom. The summed E-state index contributed by atoms with van der Waals surface area (Å²) in [6.45, 7) is 13.1. The minimum atomic E-state index is -1.31. The van der Waals surface area contributed by atoms with Crippen LogP contribution in [0.3, 0.4) is 0 Å². The summed E-state index contributed by atoms with van der Waals surface area (Å²) in [5.41, 5.74) is 0.0635. The zero-order chi connectivity index (χ0) is 38.4. The van der Waals surface area contributed by atoms with Gasteiger partial charge in [0, 0.05) is 46.2 Å². The van der Waals surface area contributed by atoms with Gasteiger partial charge in [0.25, 0.3) is 0 Å². The molecule has 4 heterocycles. The van der Waals surface area contributed by atoms with E-state index < -0.39 is 66.3 Å². The number of aliphatic hydroxyl groups is 1. The fraction of sp³-hybridized carbons (Fsp3) is 0.524. The van der Waals surface area contributed by atoms with E-state index in [-0.39, 0.29) is 24.8 Å². The molecule has 4 saturated heterocycles. The highest BCUT2D eigenvalue weighted by molar-refractivity contribution is 5.98. The van der Waals surface area contributed by atoms with Gasteiger partial charge in [0.15, 0.2) is 0 Å². The first-order valence-electron chi connectivity index (χ1n) is 19.1. The number of likely N-dealkylation sites (N-methyl/N-ethyl adjacent to an activating group) is 1. The molecule has 0 aliphatic carbocycles. The van der Waals surface area contributed by atoms with E-state index in [2.05, 4.69) is 18.1 Å². The molecule has 4 fully saturated rings. The maximum Gasteiger partial charge on any atom is 0.313 e. The van der Waals surface area contributed by atoms with Crippen molar-refractivity contribution in [2.24, 2.45) is 11.8 Å². The average Bonchev–Trinajstić information content (AvgIpc) is 3.85. The standard InChI is InChI=1S/C42H54N4O8/c1-5-7-18-34(48)43(4)29(3)37(31-16-12-9-13-17-31)53-41(51)35-33-19-20-42(54-33)36(35)39(49)46(32(28-47)30-14-10-8-11-15-30)38(42)40(50)45(21-6-2)23-22-44-24-26-52-27-25-44/h5-6,8-17,29,32-33,35-38,47H,1-2,7,18-28H2,3-4H3/t29-,32+,33+,35-,36-,37+,38+,42-/m0/s1. The van der Waals surface area contributed by atoms with Crippen LogP contribution in [0.15, 0.2) is 86.0 Å². The highest BCUT2D eigenvalue weighted by Gasteiger charge is 2.76. The first kappa shape index (κ1) is 39.3. The summed E-state index contributed by atoms with van der Waals surface area (Å²) in [6, 6.07) is 15.9. The summed E-state index contributed by atoms with van der Waals surface area (Å²) >= 11 is 0. The predicted octanol–water partition coefficient (Wildman–Crippen LogP) is 3.54. The van der Waals surface area contributed by atoms with Crippen molar-refractivity contribution >= 4 is 23.7 Å². The molecule has 8 atom stereocenters. The fourth-order valence-corrected chi connectivity index (χ4v) is 8.83. The molecule has 4 aliphatic rings. The van der Waals surface area contributed by atoms with E-state index in [0.717, 1.165) is 13.1 Å². The minimum absolute atomic E-state index is 0.113. The first-order valence-corrected chi connectivity index (χ1v) is 19.1. The molecule has 3 amide bonds. The lowest BCUT2D eigenvalue weighted by Crippen LogP contribution is -2.58. The number of carbonyl (C=O) groups excluding carboxylic acids is 4. The van der Waals surface area contributed by atoms with E-state index >= 15 is 9.59 Å². The highest BCUT2D eigenvalue weighted by Crippen LogP contribution is 2.60. The Morgan fingerprint density at radius 3 is 2.33 bits per heavy atom. The molecule has 1 N–H and O–H groups in total. The lowest BCUT2D eigenvalue weighted by atomic mass is 9.70. The second kappa shape index (κ2) is 17.4.